The Morgan fingerprint density at radius 3 is 2.64 bits per heavy atom. The third-order valence-electron chi connectivity index (χ3n) is 3.28. The summed E-state index contributed by atoms with van der Waals surface area (Å²) in [5.41, 5.74) is 5.89. The zero-order valence-corrected chi connectivity index (χ0v) is 9.31. The van der Waals surface area contributed by atoms with E-state index in [9.17, 15) is 4.79 Å². The van der Waals surface area contributed by atoms with Gasteiger partial charge in [0.1, 0.15) is 0 Å². The molecule has 1 aliphatic rings. The van der Waals surface area contributed by atoms with E-state index in [4.69, 9.17) is 5.73 Å². The van der Waals surface area contributed by atoms with Gasteiger partial charge >= 0.3 is 0 Å². The molecule has 1 amide bonds. The van der Waals surface area contributed by atoms with E-state index in [1.807, 2.05) is 0 Å². The van der Waals surface area contributed by atoms with Crippen molar-refractivity contribution in [1.29, 1.82) is 0 Å². The fraction of sp³-hybridized carbons (Fsp3) is 0.909. The highest BCUT2D eigenvalue weighted by atomic mass is 16.1. The van der Waals surface area contributed by atoms with E-state index >= 15 is 0 Å². The zero-order chi connectivity index (χ0) is 10.6. The summed E-state index contributed by atoms with van der Waals surface area (Å²) in [6.45, 7) is 5.70. The lowest BCUT2D eigenvalue weighted by molar-refractivity contribution is -0.122. The highest BCUT2D eigenvalue weighted by Crippen LogP contribution is 2.43. The molecule has 0 bridgehead atoms. The Bertz CT molecular complexity index is 199. The molecule has 0 saturated heterocycles. The van der Waals surface area contributed by atoms with Crippen molar-refractivity contribution in [2.24, 2.45) is 17.1 Å². The lowest BCUT2D eigenvalue weighted by atomic mass is 10.0. The minimum absolute atomic E-state index is 0.180. The molecule has 0 aromatic carbocycles. The molecule has 0 aromatic rings. The van der Waals surface area contributed by atoms with Gasteiger partial charge in [0, 0.05) is 13.0 Å². The van der Waals surface area contributed by atoms with E-state index in [-0.39, 0.29) is 11.3 Å². The van der Waals surface area contributed by atoms with E-state index in [0.29, 0.717) is 18.9 Å². The first kappa shape index (κ1) is 11.5. The first-order chi connectivity index (χ1) is 6.62. The fourth-order valence-electron chi connectivity index (χ4n) is 1.45. The number of nitrogens with two attached hydrogens (primary N) is 1. The van der Waals surface area contributed by atoms with Gasteiger partial charge < -0.3 is 11.1 Å². The number of hydrogen-bond donors (Lipinski definition) is 2. The SMILES string of the molecule is CCC(C)CC(=O)NCC1(CN)CC1. The standard InChI is InChI=1S/C11H22N2O/c1-3-9(2)6-10(14)13-8-11(7-12)4-5-11/h9H,3-8,12H2,1-2H3,(H,13,14). The molecule has 1 saturated carbocycles. The molecule has 1 atom stereocenters. The molecule has 3 N–H and O–H groups in total. The summed E-state index contributed by atoms with van der Waals surface area (Å²) in [6.07, 6.45) is 4.06. The van der Waals surface area contributed by atoms with E-state index in [2.05, 4.69) is 19.2 Å². The Morgan fingerprint density at radius 2 is 2.21 bits per heavy atom. The third-order valence-corrected chi connectivity index (χ3v) is 3.28. The molecule has 0 aliphatic heterocycles. The molecule has 0 aromatic heterocycles. The Balaban J connectivity index is 2.15. The number of hydrogen-bond acceptors (Lipinski definition) is 2. The maximum atomic E-state index is 11.5. The van der Waals surface area contributed by atoms with Crippen molar-refractivity contribution in [2.75, 3.05) is 13.1 Å². The summed E-state index contributed by atoms with van der Waals surface area (Å²) in [5.74, 6) is 0.669. The summed E-state index contributed by atoms with van der Waals surface area (Å²) in [6, 6.07) is 0. The van der Waals surface area contributed by atoms with Crippen LogP contribution in [0.25, 0.3) is 0 Å². The number of carbonyl (C=O) groups excluding carboxylic acids is 1. The number of amides is 1. The molecule has 1 fully saturated rings. The van der Waals surface area contributed by atoms with Crippen LogP contribution in [-0.4, -0.2) is 19.0 Å². The third kappa shape index (κ3) is 3.29. The number of rotatable bonds is 6. The van der Waals surface area contributed by atoms with Gasteiger partial charge in [0.05, 0.1) is 0 Å². The van der Waals surface area contributed by atoms with Crippen LogP contribution < -0.4 is 11.1 Å². The Labute approximate surface area is 86.4 Å². The van der Waals surface area contributed by atoms with E-state index < -0.39 is 0 Å². The van der Waals surface area contributed by atoms with Crippen molar-refractivity contribution in [2.45, 2.75) is 39.5 Å². The largest absolute Gasteiger partial charge is 0.355 e. The molecule has 1 rings (SSSR count). The Hall–Kier alpha value is -0.570. The first-order valence-electron chi connectivity index (χ1n) is 5.58. The molecule has 82 valence electrons. The molecule has 1 aliphatic carbocycles. The molecular formula is C11H22N2O. The van der Waals surface area contributed by atoms with Gasteiger partial charge in [-0.15, -0.1) is 0 Å². The second-order valence-corrected chi connectivity index (χ2v) is 4.70. The monoisotopic (exact) mass is 198 g/mol. The van der Waals surface area contributed by atoms with Gasteiger partial charge in [-0.2, -0.15) is 0 Å². The summed E-state index contributed by atoms with van der Waals surface area (Å²) >= 11 is 0. The van der Waals surface area contributed by atoms with Crippen LogP contribution in [0.5, 0.6) is 0 Å². The Kier molecular flexibility index (Phi) is 3.93. The zero-order valence-electron chi connectivity index (χ0n) is 9.31. The Morgan fingerprint density at radius 1 is 1.57 bits per heavy atom. The average Bonchev–Trinajstić information content (AvgIpc) is 2.95. The molecule has 0 spiro atoms. The lowest BCUT2D eigenvalue weighted by Gasteiger charge is -2.14. The second-order valence-electron chi connectivity index (χ2n) is 4.70. The smallest absolute Gasteiger partial charge is 0.220 e. The van der Waals surface area contributed by atoms with Crippen LogP contribution in [0.2, 0.25) is 0 Å². The highest BCUT2D eigenvalue weighted by Gasteiger charge is 2.41. The molecular weight excluding hydrogens is 176 g/mol. The van der Waals surface area contributed by atoms with Gasteiger partial charge in [-0.3, -0.25) is 4.79 Å². The van der Waals surface area contributed by atoms with Crippen LogP contribution in [0.1, 0.15) is 39.5 Å². The average molecular weight is 198 g/mol. The maximum absolute atomic E-state index is 11.5. The molecule has 14 heavy (non-hydrogen) atoms. The fourth-order valence-corrected chi connectivity index (χ4v) is 1.45. The van der Waals surface area contributed by atoms with Gasteiger partial charge in [0.2, 0.25) is 5.91 Å². The van der Waals surface area contributed by atoms with Gasteiger partial charge in [0.25, 0.3) is 0 Å². The lowest BCUT2D eigenvalue weighted by Crippen LogP contribution is -2.34. The molecule has 3 heteroatoms. The van der Waals surface area contributed by atoms with Crippen molar-refractivity contribution in [3.8, 4) is 0 Å². The molecule has 0 radical (unpaired) electrons. The van der Waals surface area contributed by atoms with Crippen molar-refractivity contribution < 1.29 is 4.79 Å². The first-order valence-corrected chi connectivity index (χ1v) is 5.58. The van der Waals surface area contributed by atoms with Crippen LogP contribution in [-0.2, 0) is 4.79 Å². The number of carbonyl (C=O) groups is 1. The van der Waals surface area contributed by atoms with Crippen molar-refractivity contribution in [1.82, 2.24) is 5.32 Å². The van der Waals surface area contributed by atoms with Crippen LogP contribution in [0.15, 0.2) is 0 Å². The molecule has 3 nitrogen and oxygen atoms in total. The van der Waals surface area contributed by atoms with Crippen molar-refractivity contribution in [3.05, 3.63) is 0 Å². The minimum atomic E-state index is 0.180. The second kappa shape index (κ2) is 4.78. The van der Waals surface area contributed by atoms with Crippen LogP contribution in [0.3, 0.4) is 0 Å². The highest BCUT2D eigenvalue weighted by molar-refractivity contribution is 5.76. The van der Waals surface area contributed by atoms with E-state index in [1.54, 1.807) is 0 Å². The summed E-state index contributed by atoms with van der Waals surface area (Å²) < 4.78 is 0. The van der Waals surface area contributed by atoms with Gasteiger partial charge in [-0.05, 0) is 30.7 Å². The van der Waals surface area contributed by atoms with Crippen LogP contribution >= 0.6 is 0 Å². The van der Waals surface area contributed by atoms with Gasteiger partial charge in [0.15, 0.2) is 0 Å². The quantitative estimate of drug-likeness (QED) is 0.675. The summed E-state index contributed by atoms with van der Waals surface area (Å²) in [7, 11) is 0. The predicted molar refractivity (Wildman–Crippen MR) is 57.8 cm³/mol. The topological polar surface area (TPSA) is 55.1 Å². The van der Waals surface area contributed by atoms with Crippen LogP contribution in [0, 0.1) is 11.3 Å². The normalized spacial score (nSPS) is 20.2. The molecule has 1 unspecified atom stereocenters. The summed E-state index contributed by atoms with van der Waals surface area (Å²) in [4.78, 5) is 11.5. The van der Waals surface area contributed by atoms with Crippen LogP contribution in [0.4, 0.5) is 0 Å². The predicted octanol–water partition coefficient (Wildman–Crippen LogP) is 1.28. The van der Waals surface area contributed by atoms with Crippen molar-refractivity contribution in [3.63, 3.8) is 0 Å². The maximum Gasteiger partial charge on any atom is 0.220 e. The summed E-state index contributed by atoms with van der Waals surface area (Å²) in [5, 5.41) is 2.98. The van der Waals surface area contributed by atoms with E-state index in [0.717, 1.165) is 13.0 Å². The number of nitrogens with one attached hydrogen (secondary N) is 1. The minimum Gasteiger partial charge on any atom is -0.355 e. The van der Waals surface area contributed by atoms with Gasteiger partial charge in [-0.25, -0.2) is 0 Å². The van der Waals surface area contributed by atoms with E-state index in [1.165, 1.54) is 12.8 Å². The molecule has 0 heterocycles. The van der Waals surface area contributed by atoms with Crippen molar-refractivity contribution >= 4 is 5.91 Å². The van der Waals surface area contributed by atoms with Gasteiger partial charge in [-0.1, -0.05) is 20.3 Å².